The van der Waals surface area contributed by atoms with Crippen LogP contribution in [0.1, 0.15) is 66.3 Å². The maximum absolute atomic E-state index is 5.99. The quantitative estimate of drug-likeness (QED) is 0.319. The number of allylic oxidation sites excluding steroid dienone is 6. The average Bonchev–Trinajstić information content (AvgIpc) is 3.29. The number of aryl methyl sites for hydroxylation is 2. The van der Waals surface area contributed by atoms with Gasteiger partial charge < -0.3 is 9.72 Å². The van der Waals surface area contributed by atoms with E-state index in [0.29, 0.717) is 11.8 Å². The molecule has 0 bridgehead atoms. The summed E-state index contributed by atoms with van der Waals surface area (Å²) in [5.74, 6) is 3.18. The van der Waals surface area contributed by atoms with E-state index in [2.05, 4.69) is 125 Å². The van der Waals surface area contributed by atoms with Crippen molar-refractivity contribution in [3.8, 4) is 16.9 Å². The molecule has 0 saturated carbocycles. The highest BCUT2D eigenvalue weighted by Crippen LogP contribution is 2.29. The van der Waals surface area contributed by atoms with E-state index in [1.54, 1.807) is 6.20 Å². The number of ether oxygens (including phenoxy) is 1. The summed E-state index contributed by atoms with van der Waals surface area (Å²) < 4.78 is 5.99. The molecular weight excluding hydrogens is 478 g/mol. The highest BCUT2D eigenvalue weighted by molar-refractivity contribution is 6.15. The average molecular weight is 524 g/mol. The lowest BCUT2D eigenvalue weighted by Gasteiger charge is -2.17. The van der Waals surface area contributed by atoms with E-state index < -0.39 is 0 Å². The molecule has 206 valence electrons. The van der Waals surface area contributed by atoms with Gasteiger partial charge >= 0.3 is 0 Å². The number of nitrogens with zero attached hydrogens (tertiary/aromatic N) is 2. The fraction of sp³-hybridized carbons (Fsp3) is 0.371. The molecule has 4 rings (SSSR count). The minimum Gasteiger partial charge on any atom is -0.493 e. The van der Waals surface area contributed by atoms with Crippen molar-refractivity contribution in [1.82, 2.24) is 9.97 Å². The van der Waals surface area contributed by atoms with Crippen LogP contribution in [0.3, 0.4) is 0 Å². The van der Waals surface area contributed by atoms with Crippen molar-refractivity contribution in [2.45, 2.75) is 68.2 Å². The molecule has 0 unspecified atom stereocenters. The normalized spacial score (nSPS) is 15.4. The highest BCUT2D eigenvalue weighted by atomic mass is 16.5. The van der Waals surface area contributed by atoms with E-state index >= 15 is 0 Å². The minimum atomic E-state index is 0.547. The second kappa shape index (κ2) is 13.9. The molecular formula is C35H45N3O. The van der Waals surface area contributed by atoms with Gasteiger partial charge in [0, 0.05) is 6.20 Å². The van der Waals surface area contributed by atoms with Gasteiger partial charge in [0.25, 0.3) is 0 Å². The maximum atomic E-state index is 5.99. The number of aliphatic imine (C=N–C) groups is 1. The Bertz CT molecular complexity index is 1410. The van der Waals surface area contributed by atoms with Gasteiger partial charge in [0.05, 0.1) is 23.4 Å². The van der Waals surface area contributed by atoms with E-state index in [-0.39, 0.29) is 0 Å². The number of H-pyrrole nitrogens is 1. The first-order valence-electron chi connectivity index (χ1n) is 14.1. The van der Waals surface area contributed by atoms with Crippen LogP contribution in [0.25, 0.3) is 22.2 Å². The summed E-state index contributed by atoms with van der Waals surface area (Å²) in [4.78, 5) is 12.1. The third kappa shape index (κ3) is 7.92. The number of imidazole rings is 1. The Balaban J connectivity index is 0.000000242. The number of benzene rings is 2. The Labute approximate surface area is 235 Å². The van der Waals surface area contributed by atoms with Crippen LogP contribution in [0, 0.1) is 18.8 Å². The van der Waals surface area contributed by atoms with Crippen LogP contribution >= 0.6 is 0 Å². The van der Waals surface area contributed by atoms with Crippen molar-refractivity contribution in [2.24, 2.45) is 16.8 Å². The smallest absolute Gasteiger partial charge is 0.122 e. The summed E-state index contributed by atoms with van der Waals surface area (Å²) in [5, 5.41) is 0. The molecule has 0 atom stereocenters. The largest absolute Gasteiger partial charge is 0.493 e. The number of rotatable bonds is 8. The topological polar surface area (TPSA) is 50.3 Å². The molecule has 0 fully saturated rings. The summed E-state index contributed by atoms with van der Waals surface area (Å²) in [7, 11) is 0. The van der Waals surface area contributed by atoms with Gasteiger partial charge in [-0.1, -0.05) is 77.1 Å². The number of aromatic nitrogens is 2. The molecule has 1 heterocycles. The lowest BCUT2D eigenvalue weighted by molar-refractivity contribution is 0.287. The second-order valence-corrected chi connectivity index (χ2v) is 10.9. The van der Waals surface area contributed by atoms with E-state index in [9.17, 15) is 0 Å². The Morgan fingerprint density at radius 3 is 2.46 bits per heavy atom. The molecule has 2 aromatic carbocycles. The Hall–Kier alpha value is -3.66. The predicted octanol–water partition coefficient (Wildman–Crippen LogP) is 9.59. The van der Waals surface area contributed by atoms with Gasteiger partial charge in [-0.25, -0.2) is 4.98 Å². The number of hydrogen-bond acceptors (Lipinski definition) is 3. The van der Waals surface area contributed by atoms with Gasteiger partial charge in [-0.05, 0) is 97.6 Å². The van der Waals surface area contributed by atoms with Crippen molar-refractivity contribution in [1.29, 1.82) is 0 Å². The molecule has 39 heavy (non-hydrogen) atoms. The van der Waals surface area contributed by atoms with Gasteiger partial charge in [0.2, 0.25) is 0 Å². The first-order chi connectivity index (χ1) is 18.6. The number of hydrogen-bond donors (Lipinski definition) is 1. The fourth-order valence-electron chi connectivity index (χ4n) is 4.45. The lowest BCUT2D eigenvalue weighted by atomic mass is 9.90. The molecule has 4 heteroatoms. The third-order valence-corrected chi connectivity index (χ3v) is 7.08. The molecule has 1 aliphatic rings. The van der Waals surface area contributed by atoms with Crippen LogP contribution in [0.4, 0.5) is 0 Å². The lowest BCUT2D eigenvalue weighted by Crippen LogP contribution is -2.10. The van der Waals surface area contributed by atoms with Crippen LogP contribution in [-0.2, 0) is 6.42 Å². The fourth-order valence-corrected chi connectivity index (χ4v) is 4.45. The molecule has 4 nitrogen and oxygen atoms in total. The maximum Gasteiger partial charge on any atom is 0.122 e. The Kier molecular flexibility index (Phi) is 10.7. The first-order valence-corrected chi connectivity index (χ1v) is 14.1. The monoisotopic (exact) mass is 523 g/mol. The number of aromatic amines is 1. The van der Waals surface area contributed by atoms with E-state index in [0.717, 1.165) is 47.8 Å². The van der Waals surface area contributed by atoms with Gasteiger partial charge in [0.1, 0.15) is 11.6 Å². The molecule has 0 radical (unpaired) electrons. The highest BCUT2D eigenvalue weighted by Gasteiger charge is 2.14. The Morgan fingerprint density at radius 2 is 1.79 bits per heavy atom. The standard InChI is InChI=1S/C21H26N2O.C14H19N/c1-5-16-12-17(7-9-21(16)24-11-10-14(2)3)18-6-8-19-20(13-18)23-15(4)22-19;1-6-15-14-11(4)8-7-9-13(14)12(5)10(2)3/h6-9,12-14H,5,10-11H2,1-4H3,(H,22,23);6-10H,1H2,2-5H3/b;13-12-,15-14?. The van der Waals surface area contributed by atoms with Gasteiger partial charge in [0.15, 0.2) is 0 Å². The van der Waals surface area contributed by atoms with Gasteiger partial charge in [-0.3, -0.25) is 4.99 Å². The molecule has 0 saturated heterocycles. The molecule has 3 aromatic rings. The van der Waals surface area contributed by atoms with Crippen molar-refractivity contribution in [3.63, 3.8) is 0 Å². The van der Waals surface area contributed by atoms with Crippen molar-refractivity contribution in [2.75, 3.05) is 6.61 Å². The summed E-state index contributed by atoms with van der Waals surface area (Å²) >= 11 is 0. The second-order valence-electron chi connectivity index (χ2n) is 10.9. The van der Waals surface area contributed by atoms with Crippen molar-refractivity contribution < 1.29 is 4.74 Å². The van der Waals surface area contributed by atoms with Crippen LogP contribution in [-0.4, -0.2) is 22.3 Å². The van der Waals surface area contributed by atoms with Crippen LogP contribution in [0.5, 0.6) is 5.75 Å². The van der Waals surface area contributed by atoms with E-state index in [1.807, 2.05) is 6.92 Å². The van der Waals surface area contributed by atoms with Crippen LogP contribution in [0.15, 0.2) is 89.1 Å². The summed E-state index contributed by atoms with van der Waals surface area (Å²) in [6, 6.07) is 12.9. The zero-order valence-corrected chi connectivity index (χ0v) is 25.1. The summed E-state index contributed by atoms with van der Waals surface area (Å²) in [5.41, 5.74) is 10.7. The molecule has 0 amide bonds. The minimum absolute atomic E-state index is 0.547. The zero-order valence-electron chi connectivity index (χ0n) is 25.1. The molecule has 0 spiro atoms. The number of fused-ring (bicyclic) bond motifs is 1. The van der Waals surface area contributed by atoms with Crippen molar-refractivity contribution >= 4 is 16.7 Å². The zero-order chi connectivity index (χ0) is 28.5. The molecule has 0 aliphatic heterocycles. The Morgan fingerprint density at radius 1 is 1.08 bits per heavy atom. The molecule has 1 aromatic heterocycles. The van der Waals surface area contributed by atoms with Gasteiger partial charge in [-0.15, -0.1) is 0 Å². The van der Waals surface area contributed by atoms with Crippen molar-refractivity contribution in [3.05, 3.63) is 95.5 Å². The first kappa shape index (κ1) is 29.9. The summed E-state index contributed by atoms with van der Waals surface area (Å²) in [6.45, 7) is 21.7. The predicted molar refractivity (Wildman–Crippen MR) is 169 cm³/mol. The third-order valence-electron chi connectivity index (χ3n) is 7.08. The summed E-state index contributed by atoms with van der Waals surface area (Å²) in [6.07, 6.45) is 9.96. The van der Waals surface area contributed by atoms with Gasteiger partial charge in [-0.2, -0.15) is 0 Å². The van der Waals surface area contributed by atoms with Crippen LogP contribution in [0.2, 0.25) is 0 Å². The number of nitrogens with one attached hydrogen (secondary N) is 1. The SMILES string of the molecule is C=CN=C1C(C)=CC=C/C1=C(\C)C(C)C.CCc1cc(-c2ccc3nc(C)[nH]c3c2)ccc1OCCC(C)C. The van der Waals surface area contributed by atoms with E-state index in [4.69, 9.17) is 4.74 Å². The molecule has 1 aliphatic carbocycles. The molecule has 1 N–H and O–H groups in total. The van der Waals surface area contributed by atoms with Crippen LogP contribution < -0.4 is 4.74 Å². The van der Waals surface area contributed by atoms with E-state index in [1.165, 1.54) is 33.4 Å².